The van der Waals surface area contributed by atoms with E-state index in [0.717, 1.165) is 31.0 Å². The number of rotatable bonds is 4. The van der Waals surface area contributed by atoms with E-state index in [0.29, 0.717) is 6.04 Å². The predicted octanol–water partition coefficient (Wildman–Crippen LogP) is 2.64. The van der Waals surface area contributed by atoms with Gasteiger partial charge in [0.2, 0.25) is 0 Å². The lowest BCUT2D eigenvalue weighted by Gasteiger charge is -2.18. The van der Waals surface area contributed by atoms with Gasteiger partial charge in [-0.25, -0.2) is 15.0 Å². The summed E-state index contributed by atoms with van der Waals surface area (Å²) in [5, 5.41) is 3.63. The van der Waals surface area contributed by atoms with E-state index in [2.05, 4.69) is 22.2 Å². The van der Waals surface area contributed by atoms with Crippen molar-refractivity contribution in [1.29, 1.82) is 0 Å². The molecule has 2 aromatic heterocycles. The largest absolute Gasteiger partial charge is 0.331 e. The van der Waals surface area contributed by atoms with Crippen molar-refractivity contribution in [2.45, 2.75) is 45.1 Å². The molecule has 5 nitrogen and oxygen atoms in total. The number of aryl methyl sites for hydroxylation is 2. The van der Waals surface area contributed by atoms with Gasteiger partial charge in [-0.2, -0.15) is 0 Å². The zero-order valence-electron chi connectivity index (χ0n) is 12.8. The Morgan fingerprint density at radius 2 is 2.24 bits per heavy atom. The van der Waals surface area contributed by atoms with E-state index >= 15 is 0 Å². The molecule has 5 heteroatoms. The highest BCUT2D eigenvalue weighted by molar-refractivity contribution is 5.45. The molecule has 1 N–H and O–H groups in total. The Morgan fingerprint density at radius 1 is 1.33 bits per heavy atom. The van der Waals surface area contributed by atoms with Gasteiger partial charge in [-0.15, -0.1) is 0 Å². The van der Waals surface area contributed by atoms with Crippen LogP contribution in [0.4, 0.5) is 0 Å². The zero-order valence-corrected chi connectivity index (χ0v) is 12.8. The summed E-state index contributed by atoms with van der Waals surface area (Å²) in [5.74, 6) is 1.57. The molecule has 1 unspecified atom stereocenters. The minimum absolute atomic E-state index is 0.401. The summed E-state index contributed by atoms with van der Waals surface area (Å²) in [6.45, 7) is 3.25. The lowest BCUT2D eigenvalue weighted by Crippen LogP contribution is -2.23. The molecular weight excluding hydrogens is 262 g/mol. The van der Waals surface area contributed by atoms with E-state index in [-0.39, 0.29) is 0 Å². The molecule has 0 bridgehead atoms. The van der Waals surface area contributed by atoms with Crippen molar-refractivity contribution >= 4 is 0 Å². The first-order valence-corrected chi connectivity index (χ1v) is 7.86. The fraction of sp³-hybridized carbons (Fsp3) is 0.562. The Kier molecular flexibility index (Phi) is 4.29. The average Bonchev–Trinajstić information content (AvgIpc) is 2.82. The van der Waals surface area contributed by atoms with Gasteiger partial charge in [-0.3, -0.25) is 0 Å². The van der Waals surface area contributed by atoms with Gasteiger partial charge in [0.1, 0.15) is 0 Å². The molecule has 0 aromatic carbocycles. The van der Waals surface area contributed by atoms with Gasteiger partial charge < -0.3 is 9.88 Å². The number of nitrogens with zero attached hydrogens (tertiary/aromatic N) is 4. The molecule has 21 heavy (non-hydrogen) atoms. The Bertz CT molecular complexity index is 604. The van der Waals surface area contributed by atoms with E-state index in [1.807, 2.05) is 24.0 Å². The van der Waals surface area contributed by atoms with Crippen LogP contribution in [0.3, 0.4) is 0 Å². The number of imidazole rings is 1. The van der Waals surface area contributed by atoms with Crippen LogP contribution < -0.4 is 5.32 Å². The lowest BCUT2D eigenvalue weighted by atomic mass is 10.0. The summed E-state index contributed by atoms with van der Waals surface area (Å²) < 4.78 is 1.96. The second-order valence-electron chi connectivity index (χ2n) is 5.71. The first kappa shape index (κ1) is 14.2. The third-order valence-corrected chi connectivity index (χ3v) is 4.09. The van der Waals surface area contributed by atoms with Crippen molar-refractivity contribution in [3.63, 3.8) is 0 Å². The van der Waals surface area contributed by atoms with E-state index in [1.54, 1.807) is 6.20 Å². The normalized spacial score (nSPS) is 18.3. The second kappa shape index (κ2) is 6.35. The van der Waals surface area contributed by atoms with Crippen LogP contribution in [0.2, 0.25) is 0 Å². The third-order valence-electron chi connectivity index (χ3n) is 4.09. The maximum atomic E-state index is 4.80. The summed E-state index contributed by atoms with van der Waals surface area (Å²) in [6.07, 6.45) is 11.5. The maximum absolute atomic E-state index is 4.80. The number of hydrogen-bond acceptors (Lipinski definition) is 4. The summed E-state index contributed by atoms with van der Waals surface area (Å²) in [7, 11) is 1.98. The third kappa shape index (κ3) is 2.97. The molecule has 0 amide bonds. The predicted molar refractivity (Wildman–Crippen MR) is 82.8 cm³/mol. The van der Waals surface area contributed by atoms with Gasteiger partial charge in [-0.05, 0) is 32.2 Å². The van der Waals surface area contributed by atoms with Crippen molar-refractivity contribution in [2.24, 2.45) is 7.05 Å². The van der Waals surface area contributed by atoms with Crippen LogP contribution in [-0.2, 0) is 13.5 Å². The number of fused-ring (bicyclic) bond motifs is 1. The molecule has 2 heterocycles. The van der Waals surface area contributed by atoms with Crippen molar-refractivity contribution in [1.82, 2.24) is 24.8 Å². The van der Waals surface area contributed by atoms with Crippen LogP contribution in [0.25, 0.3) is 11.6 Å². The number of aromatic nitrogens is 4. The highest BCUT2D eigenvalue weighted by Crippen LogP contribution is 2.28. The van der Waals surface area contributed by atoms with E-state index in [1.165, 1.54) is 30.5 Å². The van der Waals surface area contributed by atoms with Crippen LogP contribution >= 0.6 is 0 Å². The van der Waals surface area contributed by atoms with Crippen molar-refractivity contribution in [3.8, 4) is 11.6 Å². The van der Waals surface area contributed by atoms with E-state index in [4.69, 9.17) is 4.98 Å². The highest BCUT2D eigenvalue weighted by atomic mass is 15.1. The Morgan fingerprint density at radius 3 is 3.00 bits per heavy atom. The molecule has 2 aromatic rings. The van der Waals surface area contributed by atoms with Gasteiger partial charge >= 0.3 is 0 Å². The van der Waals surface area contributed by atoms with E-state index < -0.39 is 0 Å². The highest BCUT2D eigenvalue weighted by Gasteiger charge is 2.21. The minimum atomic E-state index is 0.401. The second-order valence-corrected chi connectivity index (χ2v) is 5.71. The molecule has 0 aliphatic heterocycles. The molecule has 0 saturated heterocycles. The zero-order chi connectivity index (χ0) is 14.7. The standard InChI is InChI=1S/C16H23N5/c1-3-8-17-13-6-4-5-7-14-12(13)11-19-15(20-14)16-18-9-10-21(16)2/h9-11,13,17H,3-8H2,1-2H3. The smallest absolute Gasteiger partial charge is 0.196 e. The summed E-state index contributed by atoms with van der Waals surface area (Å²) in [4.78, 5) is 13.7. The van der Waals surface area contributed by atoms with Crippen LogP contribution in [0.1, 0.15) is 49.9 Å². The Balaban J connectivity index is 1.93. The lowest BCUT2D eigenvalue weighted by molar-refractivity contribution is 0.488. The molecular formula is C16H23N5. The average molecular weight is 285 g/mol. The van der Waals surface area contributed by atoms with Gasteiger partial charge in [-0.1, -0.05) is 13.3 Å². The molecule has 0 radical (unpaired) electrons. The number of nitrogens with one attached hydrogen (secondary N) is 1. The Hall–Kier alpha value is -1.75. The van der Waals surface area contributed by atoms with Crippen LogP contribution in [0.15, 0.2) is 18.6 Å². The molecule has 3 rings (SSSR count). The molecule has 1 aliphatic carbocycles. The first-order chi connectivity index (χ1) is 10.3. The van der Waals surface area contributed by atoms with Crippen LogP contribution in [0, 0.1) is 0 Å². The molecule has 1 atom stereocenters. The first-order valence-electron chi connectivity index (χ1n) is 7.86. The van der Waals surface area contributed by atoms with Gasteiger partial charge in [0.05, 0.1) is 0 Å². The van der Waals surface area contributed by atoms with Crippen molar-refractivity contribution < 1.29 is 0 Å². The summed E-state index contributed by atoms with van der Waals surface area (Å²) in [6, 6.07) is 0.401. The molecule has 0 spiro atoms. The van der Waals surface area contributed by atoms with Crippen LogP contribution in [-0.4, -0.2) is 26.1 Å². The van der Waals surface area contributed by atoms with Crippen LogP contribution in [0.5, 0.6) is 0 Å². The Labute approximate surface area is 125 Å². The molecule has 1 aliphatic rings. The monoisotopic (exact) mass is 285 g/mol. The molecule has 0 fully saturated rings. The van der Waals surface area contributed by atoms with Crippen molar-refractivity contribution in [2.75, 3.05) is 6.54 Å². The molecule has 0 saturated carbocycles. The fourth-order valence-electron chi connectivity index (χ4n) is 2.93. The van der Waals surface area contributed by atoms with Gasteiger partial charge in [0.15, 0.2) is 11.6 Å². The molecule has 112 valence electrons. The summed E-state index contributed by atoms with van der Waals surface area (Å²) in [5.41, 5.74) is 2.47. The number of hydrogen-bond donors (Lipinski definition) is 1. The SMILES string of the molecule is CCCNC1CCCCc2nc(-c3nccn3C)ncc21. The topological polar surface area (TPSA) is 55.6 Å². The minimum Gasteiger partial charge on any atom is -0.331 e. The van der Waals surface area contributed by atoms with E-state index in [9.17, 15) is 0 Å². The maximum Gasteiger partial charge on any atom is 0.196 e. The van der Waals surface area contributed by atoms with Gasteiger partial charge in [0.25, 0.3) is 0 Å². The van der Waals surface area contributed by atoms with Crippen molar-refractivity contribution in [3.05, 3.63) is 29.8 Å². The quantitative estimate of drug-likeness (QED) is 0.877. The summed E-state index contributed by atoms with van der Waals surface area (Å²) >= 11 is 0. The van der Waals surface area contributed by atoms with Gasteiger partial charge in [0, 0.05) is 42.9 Å². The fourth-order valence-corrected chi connectivity index (χ4v) is 2.93.